The second kappa shape index (κ2) is 3.85. The Kier molecular flexibility index (Phi) is 2.93. The summed E-state index contributed by atoms with van der Waals surface area (Å²) in [5.74, 6) is -1.56. The van der Waals surface area contributed by atoms with Crippen LogP contribution < -0.4 is 5.73 Å². The molecule has 0 aliphatic rings. The van der Waals surface area contributed by atoms with Crippen LogP contribution in [0.4, 0.5) is 0 Å². The molecule has 15 heavy (non-hydrogen) atoms. The molecule has 0 aliphatic carbocycles. The summed E-state index contributed by atoms with van der Waals surface area (Å²) in [4.78, 5) is 21.9. The molecule has 0 radical (unpaired) electrons. The maximum Gasteiger partial charge on any atom is 0.289 e. The minimum atomic E-state index is -0.918. The molecule has 0 spiro atoms. The van der Waals surface area contributed by atoms with Crippen LogP contribution in [0.25, 0.3) is 0 Å². The SMILES string of the molecule is CC(C)(C)c1ccc(C(=O)C(N)=O)cc1. The van der Waals surface area contributed by atoms with Gasteiger partial charge in [-0.3, -0.25) is 9.59 Å². The van der Waals surface area contributed by atoms with Crippen molar-refractivity contribution in [1.29, 1.82) is 0 Å². The minimum Gasteiger partial charge on any atom is -0.363 e. The molecule has 0 aromatic heterocycles. The van der Waals surface area contributed by atoms with Gasteiger partial charge >= 0.3 is 0 Å². The molecule has 80 valence electrons. The second-order valence-corrected chi connectivity index (χ2v) is 4.52. The molecular weight excluding hydrogens is 190 g/mol. The van der Waals surface area contributed by atoms with E-state index in [1.54, 1.807) is 12.1 Å². The van der Waals surface area contributed by atoms with Gasteiger partial charge in [0.1, 0.15) is 0 Å². The molecule has 0 atom stereocenters. The van der Waals surface area contributed by atoms with Crippen molar-refractivity contribution in [3.8, 4) is 0 Å². The van der Waals surface area contributed by atoms with Crippen molar-refractivity contribution in [1.82, 2.24) is 0 Å². The van der Waals surface area contributed by atoms with E-state index in [9.17, 15) is 9.59 Å². The molecule has 0 heterocycles. The normalized spacial score (nSPS) is 11.1. The number of primary amides is 1. The number of hydrogen-bond donors (Lipinski definition) is 1. The van der Waals surface area contributed by atoms with Gasteiger partial charge in [-0.15, -0.1) is 0 Å². The van der Waals surface area contributed by atoms with Gasteiger partial charge in [0.2, 0.25) is 5.78 Å². The molecule has 3 heteroatoms. The number of nitrogens with two attached hydrogens (primary N) is 1. The fourth-order valence-corrected chi connectivity index (χ4v) is 1.26. The molecule has 0 aliphatic heterocycles. The molecule has 1 aromatic rings. The van der Waals surface area contributed by atoms with Crippen LogP contribution in [0.3, 0.4) is 0 Å². The van der Waals surface area contributed by atoms with Gasteiger partial charge in [-0.2, -0.15) is 0 Å². The molecule has 1 aromatic carbocycles. The lowest BCUT2D eigenvalue weighted by molar-refractivity contribution is -0.114. The van der Waals surface area contributed by atoms with Gasteiger partial charge in [0.15, 0.2) is 0 Å². The quantitative estimate of drug-likeness (QED) is 0.589. The predicted octanol–water partition coefficient (Wildman–Crippen LogP) is 1.65. The number of Topliss-reactive ketones (excluding diaryl/α,β-unsaturated/α-hetero) is 1. The topological polar surface area (TPSA) is 60.2 Å². The van der Waals surface area contributed by atoms with Gasteiger partial charge in [0, 0.05) is 5.56 Å². The van der Waals surface area contributed by atoms with Gasteiger partial charge in [0.05, 0.1) is 0 Å². The minimum absolute atomic E-state index is 0.0360. The monoisotopic (exact) mass is 205 g/mol. The first-order valence-electron chi connectivity index (χ1n) is 4.77. The van der Waals surface area contributed by atoms with E-state index in [4.69, 9.17) is 5.73 Å². The molecule has 0 saturated carbocycles. The zero-order valence-electron chi connectivity index (χ0n) is 9.20. The highest BCUT2D eigenvalue weighted by Gasteiger charge is 2.16. The highest BCUT2D eigenvalue weighted by atomic mass is 16.2. The van der Waals surface area contributed by atoms with Crippen LogP contribution in [0.15, 0.2) is 24.3 Å². The number of hydrogen-bond acceptors (Lipinski definition) is 2. The van der Waals surface area contributed by atoms with Gasteiger partial charge in [-0.25, -0.2) is 0 Å². The first kappa shape index (κ1) is 11.4. The van der Waals surface area contributed by atoms with Crippen LogP contribution in [-0.4, -0.2) is 11.7 Å². The standard InChI is InChI=1S/C12H15NO2/c1-12(2,3)9-6-4-8(5-7-9)10(14)11(13)15/h4-7H,1-3H3,(H2,13,15). The van der Waals surface area contributed by atoms with E-state index in [0.717, 1.165) is 5.56 Å². The Labute approximate surface area is 89.3 Å². The van der Waals surface area contributed by atoms with Crippen molar-refractivity contribution in [2.24, 2.45) is 5.73 Å². The van der Waals surface area contributed by atoms with E-state index in [2.05, 4.69) is 20.8 Å². The Bertz CT molecular complexity index is 385. The number of amides is 1. The first-order chi connectivity index (χ1) is 6.82. The molecule has 0 unspecified atom stereocenters. The lowest BCUT2D eigenvalue weighted by atomic mass is 9.86. The zero-order chi connectivity index (χ0) is 11.6. The van der Waals surface area contributed by atoms with Crippen molar-refractivity contribution in [3.05, 3.63) is 35.4 Å². The van der Waals surface area contributed by atoms with Gasteiger partial charge < -0.3 is 5.73 Å². The average molecular weight is 205 g/mol. The molecule has 0 bridgehead atoms. The van der Waals surface area contributed by atoms with Crippen LogP contribution in [0, 0.1) is 0 Å². The maximum atomic E-state index is 11.2. The Hall–Kier alpha value is -1.64. The summed E-state index contributed by atoms with van der Waals surface area (Å²) in [7, 11) is 0. The van der Waals surface area contributed by atoms with E-state index >= 15 is 0 Å². The molecule has 0 fully saturated rings. The van der Waals surface area contributed by atoms with Gasteiger partial charge in [0.25, 0.3) is 5.91 Å². The lowest BCUT2D eigenvalue weighted by Crippen LogP contribution is -2.23. The van der Waals surface area contributed by atoms with Crippen LogP contribution in [0.2, 0.25) is 0 Å². The van der Waals surface area contributed by atoms with E-state index in [1.165, 1.54) is 0 Å². The summed E-state index contributed by atoms with van der Waals surface area (Å²) >= 11 is 0. The first-order valence-corrected chi connectivity index (χ1v) is 4.77. The van der Waals surface area contributed by atoms with Crippen molar-refractivity contribution in [2.45, 2.75) is 26.2 Å². The second-order valence-electron chi connectivity index (χ2n) is 4.52. The molecule has 2 N–H and O–H groups in total. The average Bonchev–Trinajstić information content (AvgIpc) is 2.15. The smallest absolute Gasteiger partial charge is 0.289 e. The van der Waals surface area contributed by atoms with E-state index in [0.29, 0.717) is 5.56 Å². The number of benzene rings is 1. The van der Waals surface area contributed by atoms with Crippen LogP contribution in [-0.2, 0) is 10.2 Å². The van der Waals surface area contributed by atoms with Crippen LogP contribution in [0.1, 0.15) is 36.7 Å². The summed E-state index contributed by atoms with van der Waals surface area (Å²) in [6.07, 6.45) is 0. The van der Waals surface area contributed by atoms with Crippen LogP contribution >= 0.6 is 0 Å². The Morgan fingerprint density at radius 2 is 1.53 bits per heavy atom. The largest absolute Gasteiger partial charge is 0.363 e. The van der Waals surface area contributed by atoms with Crippen molar-refractivity contribution in [2.75, 3.05) is 0 Å². The Morgan fingerprint density at radius 3 is 1.87 bits per heavy atom. The third-order valence-electron chi connectivity index (χ3n) is 2.24. The highest BCUT2D eigenvalue weighted by Crippen LogP contribution is 2.22. The molecule has 1 rings (SSSR count). The lowest BCUT2D eigenvalue weighted by Gasteiger charge is -2.18. The van der Waals surface area contributed by atoms with Crippen molar-refractivity contribution < 1.29 is 9.59 Å². The zero-order valence-corrected chi connectivity index (χ0v) is 9.20. The Morgan fingerprint density at radius 1 is 1.07 bits per heavy atom. The van der Waals surface area contributed by atoms with Crippen molar-refractivity contribution >= 4 is 11.7 Å². The summed E-state index contributed by atoms with van der Waals surface area (Å²) in [5.41, 5.74) is 6.40. The van der Waals surface area contributed by atoms with E-state index in [1.807, 2.05) is 12.1 Å². The molecular formula is C12H15NO2. The van der Waals surface area contributed by atoms with Gasteiger partial charge in [-0.05, 0) is 11.0 Å². The number of carbonyl (C=O) groups is 2. The highest BCUT2D eigenvalue weighted by molar-refractivity contribution is 6.42. The third-order valence-corrected chi connectivity index (χ3v) is 2.24. The number of ketones is 1. The van der Waals surface area contributed by atoms with Crippen LogP contribution in [0.5, 0.6) is 0 Å². The summed E-state index contributed by atoms with van der Waals surface area (Å²) in [6, 6.07) is 6.95. The molecule has 1 amide bonds. The predicted molar refractivity (Wildman–Crippen MR) is 58.7 cm³/mol. The number of rotatable bonds is 2. The molecule has 3 nitrogen and oxygen atoms in total. The summed E-state index contributed by atoms with van der Waals surface area (Å²) in [6.45, 7) is 6.24. The van der Waals surface area contributed by atoms with Gasteiger partial charge in [-0.1, -0.05) is 45.0 Å². The summed E-state index contributed by atoms with van der Waals surface area (Å²) < 4.78 is 0. The third kappa shape index (κ3) is 2.65. The van der Waals surface area contributed by atoms with E-state index < -0.39 is 11.7 Å². The fraction of sp³-hybridized carbons (Fsp3) is 0.333. The Balaban J connectivity index is 3.01. The fourth-order valence-electron chi connectivity index (χ4n) is 1.26. The molecule has 0 saturated heterocycles. The maximum absolute atomic E-state index is 11.2. The number of carbonyl (C=O) groups excluding carboxylic acids is 2. The van der Waals surface area contributed by atoms with E-state index in [-0.39, 0.29) is 5.41 Å². The summed E-state index contributed by atoms with van der Waals surface area (Å²) in [5, 5.41) is 0. The van der Waals surface area contributed by atoms with Crippen molar-refractivity contribution in [3.63, 3.8) is 0 Å².